The summed E-state index contributed by atoms with van der Waals surface area (Å²) >= 11 is 0. The molecule has 3 N–H and O–H groups in total. The van der Waals surface area contributed by atoms with Gasteiger partial charge in [0.1, 0.15) is 22.9 Å². The van der Waals surface area contributed by atoms with Gasteiger partial charge in [0, 0.05) is 25.9 Å². The van der Waals surface area contributed by atoms with E-state index in [9.17, 15) is 14.0 Å². The summed E-state index contributed by atoms with van der Waals surface area (Å²) in [7, 11) is 0. The van der Waals surface area contributed by atoms with Crippen LogP contribution < -0.4 is 5.32 Å². The van der Waals surface area contributed by atoms with Crippen LogP contribution in [0.5, 0.6) is 0 Å². The number of piperidine rings is 1. The van der Waals surface area contributed by atoms with Crippen molar-refractivity contribution in [1.29, 1.82) is 5.41 Å². The average Bonchev–Trinajstić information content (AvgIpc) is 3.39. The highest BCUT2D eigenvalue weighted by Crippen LogP contribution is 2.30. The molecule has 2 saturated heterocycles. The third-order valence-corrected chi connectivity index (χ3v) is 5.98. The van der Waals surface area contributed by atoms with Gasteiger partial charge < -0.3 is 25.3 Å². The normalized spacial score (nSPS) is 18.1. The topological polar surface area (TPSA) is 111 Å². The Labute approximate surface area is 185 Å². The molecule has 1 spiro atoms. The highest BCUT2D eigenvalue weighted by molar-refractivity contribution is 6.10. The van der Waals surface area contributed by atoms with Gasteiger partial charge in [-0.25, -0.2) is 14.2 Å². The number of H-pyrrole nitrogens is 1. The first kappa shape index (κ1) is 21.7. The number of halogens is 1. The molecule has 0 atom stereocenters. The first-order valence-electron chi connectivity index (χ1n) is 10.6. The molecule has 1 aromatic heterocycles. The third-order valence-electron chi connectivity index (χ3n) is 5.98. The summed E-state index contributed by atoms with van der Waals surface area (Å²) in [6.45, 7) is 5.42. The van der Waals surface area contributed by atoms with Crippen LogP contribution >= 0.6 is 0 Å². The molecule has 1 aromatic carbocycles. The van der Waals surface area contributed by atoms with E-state index in [4.69, 9.17) is 10.1 Å². The Bertz CT molecular complexity index is 1070. The maximum Gasteiger partial charge on any atom is 0.407 e. The second-order valence-electron chi connectivity index (χ2n) is 8.54. The Hall–Kier alpha value is -3.49. The molecule has 2 fully saturated rings. The van der Waals surface area contributed by atoms with Crippen LogP contribution in [0.1, 0.15) is 48.6 Å². The van der Waals surface area contributed by atoms with E-state index < -0.39 is 11.7 Å². The number of rotatable bonds is 5. The molecule has 0 saturated carbocycles. The third kappa shape index (κ3) is 4.42. The standard InChI is InChI=1S/C23H26FN5O3/c1-14(2)17(11-18(25)15-3-5-16(24)6-4-15)20-26-12-19(28-20)21(30)29-9-7-23(8-10-29)13-27-22(31)32-23/h3-6,11-12,14,25H,7-10,13H2,1-2H3,(H,26,28)(H,27,31)/b17-11-,25-18?. The predicted molar refractivity (Wildman–Crippen MR) is 117 cm³/mol. The number of hydrogen-bond donors (Lipinski definition) is 3. The molecule has 0 unspecified atom stereocenters. The number of nitrogens with one attached hydrogen (secondary N) is 3. The minimum absolute atomic E-state index is 0.0456. The number of hydrogen-bond acceptors (Lipinski definition) is 5. The van der Waals surface area contributed by atoms with E-state index in [0.29, 0.717) is 49.6 Å². The first-order valence-corrected chi connectivity index (χ1v) is 10.6. The lowest BCUT2D eigenvalue weighted by Gasteiger charge is -2.36. The Morgan fingerprint density at radius 1 is 1.28 bits per heavy atom. The number of nitrogens with zero attached hydrogens (tertiary/aromatic N) is 2. The maximum absolute atomic E-state index is 13.2. The monoisotopic (exact) mass is 439 g/mol. The van der Waals surface area contributed by atoms with Crippen molar-refractivity contribution in [2.24, 2.45) is 5.92 Å². The van der Waals surface area contributed by atoms with Crippen molar-refractivity contribution in [3.8, 4) is 0 Å². The molecule has 168 valence electrons. The van der Waals surface area contributed by atoms with E-state index in [0.717, 1.165) is 5.57 Å². The molecular weight excluding hydrogens is 413 g/mol. The van der Waals surface area contributed by atoms with Crippen LogP contribution in [0.3, 0.4) is 0 Å². The van der Waals surface area contributed by atoms with Gasteiger partial charge in [-0.1, -0.05) is 13.8 Å². The number of likely N-dealkylation sites (tertiary alicyclic amines) is 1. The van der Waals surface area contributed by atoms with Crippen molar-refractivity contribution < 1.29 is 18.7 Å². The quantitative estimate of drug-likeness (QED) is 0.620. The largest absolute Gasteiger partial charge is 0.441 e. The first-order chi connectivity index (χ1) is 15.3. The Balaban J connectivity index is 1.47. The van der Waals surface area contributed by atoms with Gasteiger partial charge in [0.25, 0.3) is 5.91 Å². The Morgan fingerprint density at radius 2 is 1.97 bits per heavy atom. The Morgan fingerprint density at radius 3 is 2.56 bits per heavy atom. The summed E-state index contributed by atoms with van der Waals surface area (Å²) in [6.07, 6.45) is 3.98. The zero-order valence-corrected chi connectivity index (χ0v) is 18.1. The van der Waals surface area contributed by atoms with Crippen molar-refractivity contribution in [2.45, 2.75) is 32.3 Å². The van der Waals surface area contributed by atoms with Gasteiger partial charge in [0.05, 0.1) is 18.5 Å². The molecule has 0 aliphatic carbocycles. The van der Waals surface area contributed by atoms with Crippen LogP contribution in [0.2, 0.25) is 0 Å². The molecule has 32 heavy (non-hydrogen) atoms. The molecule has 2 aliphatic heterocycles. The van der Waals surface area contributed by atoms with Crippen molar-refractivity contribution >= 4 is 23.3 Å². The SMILES string of the molecule is CC(C)/C(=C/C(=N)c1ccc(F)cc1)c1ncc(C(=O)N2CCC3(CC2)CNC(=O)O3)[nH]1. The van der Waals surface area contributed by atoms with Crippen LogP contribution in [-0.4, -0.2) is 57.8 Å². The number of carbonyl (C=O) groups is 2. The minimum Gasteiger partial charge on any atom is -0.441 e. The Kier molecular flexibility index (Phi) is 5.82. The van der Waals surface area contributed by atoms with Crippen LogP contribution in [0, 0.1) is 17.1 Å². The van der Waals surface area contributed by atoms with Crippen molar-refractivity contribution in [1.82, 2.24) is 20.2 Å². The number of allylic oxidation sites excluding steroid dienone is 2. The molecule has 4 rings (SSSR count). The highest BCUT2D eigenvalue weighted by atomic mass is 19.1. The second-order valence-corrected chi connectivity index (χ2v) is 8.54. The molecule has 0 radical (unpaired) electrons. The lowest BCUT2D eigenvalue weighted by atomic mass is 9.91. The number of benzene rings is 1. The van der Waals surface area contributed by atoms with Gasteiger partial charge >= 0.3 is 6.09 Å². The zero-order valence-electron chi connectivity index (χ0n) is 18.1. The number of imidazole rings is 1. The van der Waals surface area contributed by atoms with E-state index >= 15 is 0 Å². The molecule has 9 heteroatoms. The van der Waals surface area contributed by atoms with Crippen LogP contribution in [0.15, 0.2) is 36.5 Å². The molecule has 3 heterocycles. The van der Waals surface area contributed by atoms with Gasteiger partial charge in [0.15, 0.2) is 0 Å². The van der Waals surface area contributed by atoms with Crippen LogP contribution in [0.25, 0.3) is 5.57 Å². The fraction of sp³-hybridized carbons (Fsp3) is 0.391. The van der Waals surface area contributed by atoms with E-state index in [2.05, 4.69) is 15.3 Å². The van der Waals surface area contributed by atoms with Crippen molar-refractivity contribution in [3.63, 3.8) is 0 Å². The predicted octanol–water partition coefficient (Wildman–Crippen LogP) is 3.37. The average molecular weight is 439 g/mol. The summed E-state index contributed by atoms with van der Waals surface area (Å²) in [5.74, 6) is 0.0595. The second kappa shape index (κ2) is 8.57. The van der Waals surface area contributed by atoms with Gasteiger partial charge in [0.2, 0.25) is 0 Å². The number of aromatic nitrogens is 2. The minimum atomic E-state index is -0.513. The van der Waals surface area contributed by atoms with Crippen LogP contribution in [-0.2, 0) is 4.74 Å². The lowest BCUT2D eigenvalue weighted by molar-refractivity contribution is 0.00315. The number of amides is 2. The molecule has 8 nitrogen and oxygen atoms in total. The summed E-state index contributed by atoms with van der Waals surface area (Å²) in [5.41, 5.74) is 1.47. The van der Waals surface area contributed by atoms with Crippen LogP contribution in [0.4, 0.5) is 9.18 Å². The number of carbonyl (C=O) groups excluding carboxylic acids is 2. The smallest absolute Gasteiger partial charge is 0.407 e. The van der Waals surface area contributed by atoms with E-state index in [1.807, 2.05) is 13.8 Å². The van der Waals surface area contributed by atoms with Crippen molar-refractivity contribution in [3.05, 3.63) is 59.4 Å². The summed E-state index contributed by atoms with van der Waals surface area (Å²) in [6, 6.07) is 5.76. The number of aromatic amines is 1. The van der Waals surface area contributed by atoms with E-state index in [1.54, 1.807) is 23.1 Å². The summed E-state index contributed by atoms with van der Waals surface area (Å²) in [4.78, 5) is 33.6. The van der Waals surface area contributed by atoms with E-state index in [-0.39, 0.29) is 23.4 Å². The fourth-order valence-electron chi connectivity index (χ4n) is 4.02. The fourth-order valence-corrected chi connectivity index (χ4v) is 4.02. The summed E-state index contributed by atoms with van der Waals surface area (Å²) in [5, 5.41) is 11.1. The molecule has 2 aliphatic rings. The van der Waals surface area contributed by atoms with E-state index in [1.165, 1.54) is 18.3 Å². The number of ether oxygens (including phenoxy) is 1. The molecule has 0 bridgehead atoms. The van der Waals surface area contributed by atoms with Gasteiger partial charge in [-0.15, -0.1) is 0 Å². The zero-order chi connectivity index (χ0) is 22.9. The lowest BCUT2D eigenvalue weighted by Crippen LogP contribution is -2.48. The van der Waals surface area contributed by atoms with Gasteiger partial charge in [-0.3, -0.25) is 4.79 Å². The summed E-state index contributed by atoms with van der Waals surface area (Å²) < 4.78 is 18.6. The number of alkyl carbamates (subject to hydrolysis) is 1. The molecule has 2 amide bonds. The highest BCUT2D eigenvalue weighted by Gasteiger charge is 2.43. The maximum atomic E-state index is 13.2. The van der Waals surface area contributed by atoms with Crippen molar-refractivity contribution in [2.75, 3.05) is 19.6 Å². The molecular formula is C23H26FN5O3. The van der Waals surface area contributed by atoms with Gasteiger partial charge in [-0.05, 0) is 47.4 Å². The molecule has 2 aromatic rings. The van der Waals surface area contributed by atoms with Gasteiger partial charge in [-0.2, -0.15) is 0 Å².